The number of hydrogen-bond donors (Lipinski definition) is 2. The first-order chi connectivity index (χ1) is 10.8. The molecule has 126 valence electrons. The van der Waals surface area contributed by atoms with E-state index >= 15 is 0 Å². The predicted molar refractivity (Wildman–Crippen MR) is 78.3 cm³/mol. The Balaban J connectivity index is 1.82. The Morgan fingerprint density at radius 1 is 1.48 bits per heavy atom. The number of fused-ring (bicyclic) bond motifs is 1. The van der Waals surface area contributed by atoms with E-state index in [1.807, 2.05) is 0 Å². The van der Waals surface area contributed by atoms with Gasteiger partial charge < -0.3 is 14.4 Å². The Morgan fingerprint density at radius 3 is 2.83 bits per heavy atom. The molecule has 0 spiro atoms. The number of nitrogens with zero attached hydrogens (tertiary/aromatic N) is 1. The van der Waals surface area contributed by atoms with E-state index < -0.39 is 27.3 Å². The van der Waals surface area contributed by atoms with Crippen LogP contribution in [0.15, 0.2) is 21.8 Å². The number of rotatable bonds is 4. The maximum absolute atomic E-state index is 12.5. The number of furan rings is 1. The Bertz CT molecular complexity index is 755. The molecule has 1 aliphatic carbocycles. The molecule has 23 heavy (non-hydrogen) atoms. The minimum atomic E-state index is -3.76. The largest absolute Gasteiger partial charge is 0.481 e. The first kappa shape index (κ1) is 16.0. The molecule has 9 heteroatoms. The van der Waals surface area contributed by atoms with Crippen molar-refractivity contribution in [3.63, 3.8) is 0 Å². The van der Waals surface area contributed by atoms with Crippen LogP contribution in [0.4, 0.5) is 0 Å². The van der Waals surface area contributed by atoms with E-state index in [2.05, 4.69) is 4.72 Å². The number of aliphatic carboxylic acids is 1. The number of carboxylic acid groups (broad SMARTS) is 1. The molecular weight excluding hydrogens is 324 g/mol. The second-order valence-corrected chi connectivity index (χ2v) is 7.92. The van der Waals surface area contributed by atoms with Crippen LogP contribution in [0.5, 0.6) is 0 Å². The van der Waals surface area contributed by atoms with Gasteiger partial charge in [0.2, 0.25) is 5.09 Å². The number of carbonyl (C=O) groups is 2. The van der Waals surface area contributed by atoms with E-state index in [-0.39, 0.29) is 23.1 Å². The molecule has 2 atom stereocenters. The lowest BCUT2D eigenvalue weighted by atomic mass is 9.81. The van der Waals surface area contributed by atoms with Crippen molar-refractivity contribution in [2.24, 2.45) is 11.3 Å². The lowest BCUT2D eigenvalue weighted by molar-refractivity contribution is -0.149. The highest BCUT2D eigenvalue weighted by molar-refractivity contribution is 7.89. The SMILES string of the molecule is CNS(=O)(=O)c1cc(C(=O)N2C[C@@H]3CCC[C@@]3(C(=O)O)C2)co1. The van der Waals surface area contributed by atoms with E-state index in [4.69, 9.17) is 4.42 Å². The van der Waals surface area contributed by atoms with Gasteiger partial charge in [0.05, 0.1) is 11.0 Å². The van der Waals surface area contributed by atoms with Crippen LogP contribution in [0.1, 0.15) is 29.6 Å². The van der Waals surface area contributed by atoms with Crippen molar-refractivity contribution in [2.75, 3.05) is 20.1 Å². The van der Waals surface area contributed by atoms with Gasteiger partial charge in [-0.25, -0.2) is 13.1 Å². The third-order valence-electron chi connectivity index (χ3n) is 4.94. The number of hydrogen-bond acceptors (Lipinski definition) is 5. The first-order valence-electron chi connectivity index (χ1n) is 7.35. The summed E-state index contributed by atoms with van der Waals surface area (Å²) in [5.74, 6) is -1.31. The van der Waals surface area contributed by atoms with Crippen molar-refractivity contribution in [1.82, 2.24) is 9.62 Å². The molecule has 2 N–H and O–H groups in total. The monoisotopic (exact) mass is 342 g/mol. The third-order valence-corrected chi connectivity index (χ3v) is 6.22. The van der Waals surface area contributed by atoms with E-state index in [1.165, 1.54) is 11.9 Å². The predicted octanol–water partition coefficient (Wildman–Crippen LogP) is 0.515. The number of carboxylic acids is 1. The molecule has 2 aliphatic rings. The molecule has 1 amide bonds. The standard InChI is InChI=1S/C14H18N2O6S/c1-15-23(20,21)11-5-9(7-22-11)12(17)16-6-10-3-2-4-14(10,8-16)13(18)19/h5,7,10,15H,2-4,6,8H2,1H3,(H,18,19)/t10-,14+/m0/s1. The molecule has 0 radical (unpaired) electrons. The zero-order chi connectivity index (χ0) is 16.8. The Hall–Kier alpha value is -1.87. The maximum atomic E-state index is 12.5. The molecule has 2 fully saturated rings. The van der Waals surface area contributed by atoms with Crippen LogP contribution in [0.25, 0.3) is 0 Å². The van der Waals surface area contributed by atoms with Gasteiger partial charge in [0.1, 0.15) is 6.26 Å². The van der Waals surface area contributed by atoms with E-state index in [1.54, 1.807) is 0 Å². The van der Waals surface area contributed by atoms with Crippen molar-refractivity contribution < 1.29 is 27.5 Å². The van der Waals surface area contributed by atoms with Crippen molar-refractivity contribution in [3.8, 4) is 0 Å². The summed E-state index contributed by atoms with van der Waals surface area (Å²) in [5, 5.41) is 9.21. The van der Waals surface area contributed by atoms with E-state index in [0.29, 0.717) is 13.0 Å². The molecule has 0 aromatic carbocycles. The minimum Gasteiger partial charge on any atom is -0.481 e. The molecular formula is C14H18N2O6S. The summed E-state index contributed by atoms with van der Waals surface area (Å²) in [5.41, 5.74) is -0.751. The van der Waals surface area contributed by atoms with Gasteiger partial charge in [-0.2, -0.15) is 0 Å². The van der Waals surface area contributed by atoms with Gasteiger partial charge in [-0.1, -0.05) is 6.42 Å². The molecule has 1 saturated heterocycles. The summed E-state index contributed by atoms with van der Waals surface area (Å²) < 4.78 is 30.4. The zero-order valence-corrected chi connectivity index (χ0v) is 13.4. The fourth-order valence-electron chi connectivity index (χ4n) is 3.65. The average Bonchev–Trinajstić information content (AvgIpc) is 3.19. The summed E-state index contributed by atoms with van der Waals surface area (Å²) in [4.78, 5) is 25.7. The highest BCUT2D eigenvalue weighted by atomic mass is 32.2. The summed E-state index contributed by atoms with van der Waals surface area (Å²) >= 11 is 0. The minimum absolute atomic E-state index is 0.0450. The average molecular weight is 342 g/mol. The maximum Gasteiger partial charge on any atom is 0.311 e. The van der Waals surface area contributed by atoms with Crippen molar-refractivity contribution in [2.45, 2.75) is 24.4 Å². The van der Waals surface area contributed by atoms with Gasteiger partial charge in [0.15, 0.2) is 0 Å². The lowest BCUT2D eigenvalue weighted by Crippen LogP contribution is -2.37. The van der Waals surface area contributed by atoms with Gasteiger partial charge in [-0.3, -0.25) is 9.59 Å². The Morgan fingerprint density at radius 2 is 2.22 bits per heavy atom. The number of likely N-dealkylation sites (tertiary alicyclic amines) is 1. The molecule has 0 unspecified atom stereocenters. The van der Waals surface area contributed by atoms with Crippen LogP contribution >= 0.6 is 0 Å². The van der Waals surface area contributed by atoms with Crippen LogP contribution in [0.2, 0.25) is 0 Å². The van der Waals surface area contributed by atoms with Gasteiger partial charge >= 0.3 is 5.97 Å². The van der Waals surface area contributed by atoms with Crippen molar-refractivity contribution in [1.29, 1.82) is 0 Å². The Kier molecular flexibility index (Phi) is 3.72. The molecule has 1 aromatic heterocycles. The summed E-state index contributed by atoms with van der Waals surface area (Å²) in [7, 11) is -2.51. The fourth-order valence-corrected chi connectivity index (χ4v) is 4.30. The van der Waals surface area contributed by atoms with Crippen LogP contribution in [-0.2, 0) is 14.8 Å². The van der Waals surface area contributed by atoms with E-state index in [0.717, 1.165) is 25.2 Å². The number of nitrogens with one attached hydrogen (secondary N) is 1. The molecule has 1 aliphatic heterocycles. The highest BCUT2D eigenvalue weighted by Crippen LogP contribution is 2.49. The van der Waals surface area contributed by atoms with Crippen molar-refractivity contribution in [3.05, 3.63) is 17.9 Å². The molecule has 3 rings (SSSR count). The van der Waals surface area contributed by atoms with Gasteiger partial charge in [0, 0.05) is 19.2 Å². The van der Waals surface area contributed by atoms with Gasteiger partial charge in [0.25, 0.3) is 15.9 Å². The highest BCUT2D eigenvalue weighted by Gasteiger charge is 2.55. The fraction of sp³-hybridized carbons (Fsp3) is 0.571. The second kappa shape index (κ2) is 5.34. The second-order valence-electron chi connectivity index (χ2n) is 6.10. The normalized spacial score (nSPS) is 27.2. The van der Waals surface area contributed by atoms with Crippen LogP contribution in [0.3, 0.4) is 0 Å². The van der Waals surface area contributed by atoms with Gasteiger partial charge in [-0.15, -0.1) is 0 Å². The smallest absolute Gasteiger partial charge is 0.311 e. The van der Waals surface area contributed by atoms with Crippen LogP contribution < -0.4 is 4.72 Å². The summed E-state index contributed by atoms with van der Waals surface area (Å²) in [6, 6.07) is 1.16. The number of carbonyl (C=O) groups excluding carboxylic acids is 1. The Labute approximate surface area is 133 Å². The molecule has 1 saturated carbocycles. The van der Waals surface area contributed by atoms with Crippen LogP contribution in [-0.4, -0.2) is 50.4 Å². The molecule has 8 nitrogen and oxygen atoms in total. The molecule has 2 heterocycles. The number of amides is 1. The number of sulfonamides is 1. The zero-order valence-electron chi connectivity index (χ0n) is 12.6. The van der Waals surface area contributed by atoms with Crippen molar-refractivity contribution >= 4 is 21.9 Å². The van der Waals surface area contributed by atoms with Crippen LogP contribution in [0, 0.1) is 11.3 Å². The molecule has 1 aromatic rings. The summed E-state index contributed by atoms with van der Waals surface area (Å²) in [6.45, 7) is 0.537. The lowest BCUT2D eigenvalue weighted by Gasteiger charge is -2.23. The molecule has 0 bridgehead atoms. The summed E-state index contributed by atoms with van der Waals surface area (Å²) in [6.07, 6.45) is 3.31. The van der Waals surface area contributed by atoms with E-state index in [9.17, 15) is 23.1 Å². The first-order valence-corrected chi connectivity index (χ1v) is 8.83. The quantitative estimate of drug-likeness (QED) is 0.823. The van der Waals surface area contributed by atoms with Gasteiger partial charge in [-0.05, 0) is 25.8 Å². The topological polar surface area (TPSA) is 117 Å². The third kappa shape index (κ3) is 2.43.